The summed E-state index contributed by atoms with van der Waals surface area (Å²) in [4.78, 5) is 16.6. The number of rotatable bonds is 9. The third-order valence-corrected chi connectivity index (χ3v) is 5.35. The number of aromatic nitrogens is 3. The van der Waals surface area contributed by atoms with Crippen LogP contribution in [-0.4, -0.2) is 56.9 Å². The zero-order chi connectivity index (χ0) is 25.9. The maximum absolute atomic E-state index is 14.7. The molecule has 0 radical (unpaired) electrons. The minimum Gasteiger partial charge on any atom is -0.406 e. The van der Waals surface area contributed by atoms with Gasteiger partial charge in [-0.15, -0.1) is 13.2 Å². The SMILES string of the molecule is CC[N@@+](C)(C[C@@](O)(Cn1cncn1)c1ccc(F)cc1F)NC(=O)c1ccc(OC(F)(F)F)cc1. The molecule has 1 aromatic heterocycles. The van der Waals surface area contributed by atoms with Gasteiger partial charge in [-0.2, -0.15) is 10.5 Å². The predicted octanol–water partition coefficient (Wildman–Crippen LogP) is 3.15. The van der Waals surface area contributed by atoms with Gasteiger partial charge in [0.15, 0.2) is 5.60 Å². The highest BCUT2D eigenvalue weighted by Gasteiger charge is 2.42. The number of likely N-dealkylation sites (N-methyl/N-ethyl adjacent to an activating group) is 1. The second-order valence-electron chi connectivity index (χ2n) is 8.13. The van der Waals surface area contributed by atoms with E-state index in [1.54, 1.807) is 14.0 Å². The maximum Gasteiger partial charge on any atom is 0.573 e. The Morgan fingerprint density at radius 2 is 1.86 bits per heavy atom. The largest absolute Gasteiger partial charge is 0.573 e. The van der Waals surface area contributed by atoms with Crippen LogP contribution >= 0.6 is 0 Å². The Balaban J connectivity index is 1.86. The van der Waals surface area contributed by atoms with E-state index < -0.39 is 35.3 Å². The first-order chi connectivity index (χ1) is 16.3. The van der Waals surface area contributed by atoms with Crippen molar-refractivity contribution in [2.75, 3.05) is 20.1 Å². The van der Waals surface area contributed by atoms with Crippen molar-refractivity contribution in [2.24, 2.45) is 0 Å². The third-order valence-electron chi connectivity index (χ3n) is 5.35. The van der Waals surface area contributed by atoms with Gasteiger partial charge in [-0.25, -0.2) is 23.0 Å². The molecule has 0 saturated heterocycles. The number of carbonyl (C=O) groups is 1. The summed E-state index contributed by atoms with van der Waals surface area (Å²) in [6.07, 6.45) is -2.33. The van der Waals surface area contributed by atoms with Crippen LogP contribution in [0.1, 0.15) is 22.8 Å². The molecule has 1 amide bonds. The number of benzene rings is 2. The van der Waals surface area contributed by atoms with Gasteiger partial charge >= 0.3 is 6.36 Å². The van der Waals surface area contributed by atoms with Crippen molar-refractivity contribution in [1.82, 2.24) is 20.2 Å². The van der Waals surface area contributed by atoms with Gasteiger partial charge in [-0.3, -0.25) is 4.79 Å². The number of halogens is 5. The highest BCUT2D eigenvalue weighted by molar-refractivity contribution is 5.93. The van der Waals surface area contributed by atoms with Crippen molar-refractivity contribution in [2.45, 2.75) is 25.4 Å². The Hall–Kier alpha value is -3.58. The molecule has 8 nitrogen and oxygen atoms in total. The number of carbonyl (C=O) groups excluding carboxylic acids is 1. The Kier molecular flexibility index (Phi) is 7.41. The second-order valence-corrected chi connectivity index (χ2v) is 8.13. The van der Waals surface area contributed by atoms with E-state index >= 15 is 0 Å². The quantitative estimate of drug-likeness (QED) is 0.268. The molecule has 0 aliphatic heterocycles. The molecule has 2 N–H and O–H groups in total. The van der Waals surface area contributed by atoms with Gasteiger partial charge in [0.05, 0.1) is 20.1 Å². The Labute approximate surface area is 197 Å². The number of quaternary nitrogens is 1. The lowest BCUT2D eigenvalue weighted by molar-refractivity contribution is -0.948. The fraction of sp³-hybridized carbons (Fsp3) is 0.318. The van der Waals surface area contributed by atoms with Crippen LogP contribution in [0.4, 0.5) is 22.0 Å². The van der Waals surface area contributed by atoms with Crippen LogP contribution in [0, 0.1) is 11.6 Å². The lowest BCUT2D eigenvalue weighted by atomic mass is 9.92. The normalized spacial score (nSPS) is 15.2. The molecule has 13 heteroatoms. The number of hydrogen-bond donors (Lipinski definition) is 2. The van der Waals surface area contributed by atoms with Gasteiger partial charge < -0.3 is 9.84 Å². The molecule has 0 spiro atoms. The van der Waals surface area contributed by atoms with Crippen molar-refractivity contribution in [3.63, 3.8) is 0 Å². The van der Waals surface area contributed by atoms with Crippen LogP contribution in [0.15, 0.2) is 55.1 Å². The van der Waals surface area contributed by atoms with E-state index in [2.05, 4.69) is 20.2 Å². The highest BCUT2D eigenvalue weighted by atomic mass is 19.4. The zero-order valence-corrected chi connectivity index (χ0v) is 18.8. The van der Waals surface area contributed by atoms with Crippen LogP contribution in [0.3, 0.4) is 0 Å². The van der Waals surface area contributed by atoms with Crippen molar-refractivity contribution >= 4 is 5.91 Å². The van der Waals surface area contributed by atoms with Gasteiger partial charge in [0.2, 0.25) is 0 Å². The number of nitrogens with one attached hydrogen (secondary N) is 1. The second kappa shape index (κ2) is 9.96. The van der Waals surface area contributed by atoms with E-state index in [-0.39, 0.29) is 35.4 Å². The molecule has 2 atom stereocenters. The minimum atomic E-state index is -4.87. The molecule has 188 valence electrons. The molecule has 0 unspecified atom stereocenters. The lowest BCUT2D eigenvalue weighted by Gasteiger charge is -2.39. The Morgan fingerprint density at radius 3 is 2.40 bits per heavy atom. The molecule has 0 aliphatic carbocycles. The van der Waals surface area contributed by atoms with Gasteiger partial charge in [0.25, 0.3) is 5.91 Å². The molecule has 0 bridgehead atoms. The molecular weight excluding hydrogens is 477 g/mol. The number of nitrogens with zero attached hydrogens (tertiary/aromatic N) is 4. The molecule has 1 heterocycles. The van der Waals surface area contributed by atoms with Gasteiger partial charge in [0, 0.05) is 17.2 Å². The van der Waals surface area contributed by atoms with E-state index in [0.717, 1.165) is 36.4 Å². The molecule has 0 fully saturated rings. The standard InChI is InChI=1S/C22H22F5N5O3/c1-3-32(2,30-20(33)15-4-7-17(8-5-15)35-22(25,26)27)12-21(34,11-31-14-28-13-29-31)18-9-6-16(23)10-19(18)24/h4-10,13-14,34H,3,11-12H2,1-2H3/p+1/t21-,32-/m0/s1. The number of amides is 1. The van der Waals surface area contributed by atoms with Gasteiger partial charge in [-0.05, 0) is 43.3 Å². The zero-order valence-electron chi connectivity index (χ0n) is 18.8. The summed E-state index contributed by atoms with van der Waals surface area (Å²) < 4.78 is 70.1. The summed E-state index contributed by atoms with van der Waals surface area (Å²) in [5.41, 5.74) is 0.552. The Morgan fingerprint density at radius 1 is 1.17 bits per heavy atom. The smallest absolute Gasteiger partial charge is 0.406 e. The van der Waals surface area contributed by atoms with E-state index in [0.29, 0.717) is 6.07 Å². The summed E-state index contributed by atoms with van der Waals surface area (Å²) in [5, 5.41) is 15.5. The van der Waals surface area contributed by atoms with Crippen molar-refractivity contribution < 1.29 is 41.2 Å². The van der Waals surface area contributed by atoms with E-state index in [9.17, 15) is 31.9 Å². The average Bonchev–Trinajstić information content (AvgIpc) is 3.25. The maximum atomic E-state index is 14.7. The van der Waals surface area contributed by atoms with Crippen LogP contribution < -0.4 is 10.2 Å². The van der Waals surface area contributed by atoms with Crippen molar-refractivity contribution in [3.8, 4) is 5.75 Å². The van der Waals surface area contributed by atoms with Crippen LogP contribution in [-0.2, 0) is 12.1 Å². The molecule has 3 rings (SSSR count). The highest BCUT2D eigenvalue weighted by Crippen LogP contribution is 2.29. The van der Waals surface area contributed by atoms with Gasteiger partial charge in [-0.1, -0.05) is 0 Å². The molecule has 2 aromatic carbocycles. The first kappa shape index (κ1) is 26.0. The fourth-order valence-electron chi connectivity index (χ4n) is 3.59. The topological polar surface area (TPSA) is 89.3 Å². The first-order valence-corrected chi connectivity index (χ1v) is 10.4. The first-order valence-electron chi connectivity index (χ1n) is 10.4. The predicted molar refractivity (Wildman–Crippen MR) is 112 cm³/mol. The average molecular weight is 500 g/mol. The molecule has 0 saturated carbocycles. The summed E-state index contributed by atoms with van der Waals surface area (Å²) >= 11 is 0. The van der Waals surface area contributed by atoms with Crippen LogP contribution in [0.2, 0.25) is 0 Å². The number of ether oxygens (including phenoxy) is 1. The number of hydrogen-bond acceptors (Lipinski definition) is 5. The molecule has 35 heavy (non-hydrogen) atoms. The van der Waals surface area contributed by atoms with Gasteiger partial charge in [0.1, 0.15) is 36.6 Å². The number of alkyl halides is 3. The lowest BCUT2D eigenvalue weighted by Crippen LogP contribution is -2.63. The monoisotopic (exact) mass is 500 g/mol. The molecular formula is C22H23F5N5O3+. The summed E-state index contributed by atoms with van der Waals surface area (Å²) in [7, 11) is 1.56. The van der Waals surface area contributed by atoms with E-state index in [1.165, 1.54) is 17.3 Å². The van der Waals surface area contributed by atoms with Crippen LogP contribution in [0.25, 0.3) is 0 Å². The summed E-state index contributed by atoms with van der Waals surface area (Å²) in [6, 6.07) is 7.05. The molecule has 3 aromatic rings. The minimum absolute atomic E-state index is 0.0325. The Bertz CT molecular complexity index is 1160. The number of aliphatic hydroxyl groups is 1. The van der Waals surface area contributed by atoms with E-state index in [1.807, 2.05) is 0 Å². The van der Waals surface area contributed by atoms with Crippen molar-refractivity contribution in [1.29, 1.82) is 0 Å². The molecule has 0 aliphatic rings. The summed E-state index contributed by atoms with van der Waals surface area (Å²) in [5.74, 6) is -2.96. The fourth-order valence-corrected chi connectivity index (χ4v) is 3.59. The summed E-state index contributed by atoms with van der Waals surface area (Å²) in [6.45, 7) is 1.40. The van der Waals surface area contributed by atoms with Crippen molar-refractivity contribution in [3.05, 3.63) is 77.9 Å². The van der Waals surface area contributed by atoms with E-state index in [4.69, 9.17) is 0 Å². The third kappa shape index (κ3) is 6.73. The van der Waals surface area contributed by atoms with Crippen LogP contribution in [0.5, 0.6) is 5.75 Å².